The highest BCUT2D eigenvalue weighted by atomic mass is 35.5. The number of nitrogens with zero attached hydrogens (tertiary/aromatic N) is 1. The maximum atomic E-state index is 6.20. The molecule has 1 heterocycles. The van der Waals surface area contributed by atoms with Crippen LogP contribution in [0.2, 0.25) is 10.0 Å². The van der Waals surface area contributed by atoms with Crippen LogP contribution < -0.4 is 10.1 Å². The van der Waals surface area contributed by atoms with E-state index in [-0.39, 0.29) is 0 Å². The molecular weight excluding hydrogens is 417 g/mol. The van der Waals surface area contributed by atoms with Gasteiger partial charge < -0.3 is 15.0 Å². The summed E-state index contributed by atoms with van der Waals surface area (Å²) in [6.45, 7) is 2.05. The number of nitrogens with one attached hydrogen (secondary N) is 2. The van der Waals surface area contributed by atoms with Gasteiger partial charge in [-0.3, -0.25) is 0 Å². The number of aromatic amines is 1. The lowest BCUT2D eigenvalue weighted by molar-refractivity contribution is 0.302. The van der Waals surface area contributed by atoms with Crippen LogP contribution in [0.1, 0.15) is 23.4 Å². The average molecular weight is 440 g/mol. The zero-order chi connectivity index (χ0) is 20.8. The summed E-state index contributed by atoms with van der Waals surface area (Å²) in [6.07, 6.45) is 1.89. The SMILES string of the molecule is Clc1ccc(COc2ccc(Cl)cc2CNCCCc2nc3ccccc3[nH]2)cc1. The van der Waals surface area contributed by atoms with E-state index in [9.17, 15) is 0 Å². The summed E-state index contributed by atoms with van der Waals surface area (Å²) < 4.78 is 6.02. The molecule has 30 heavy (non-hydrogen) atoms. The fourth-order valence-electron chi connectivity index (χ4n) is 3.30. The number of ether oxygens (including phenoxy) is 1. The van der Waals surface area contributed by atoms with E-state index in [1.807, 2.05) is 60.7 Å². The fraction of sp³-hybridized carbons (Fsp3) is 0.208. The van der Waals surface area contributed by atoms with Gasteiger partial charge in [-0.25, -0.2) is 4.98 Å². The Morgan fingerprint density at radius 1 is 0.933 bits per heavy atom. The van der Waals surface area contributed by atoms with Gasteiger partial charge in [0.1, 0.15) is 18.2 Å². The Kier molecular flexibility index (Phi) is 6.90. The summed E-state index contributed by atoms with van der Waals surface area (Å²) in [5.41, 5.74) is 4.21. The molecule has 0 aliphatic carbocycles. The molecule has 4 nitrogen and oxygen atoms in total. The molecule has 0 spiro atoms. The Morgan fingerprint density at radius 2 is 1.73 bits per heavy atom. The molecule has 154 valence electrons. The van der Waals surface area contributed by atoms with Crippen molar-refractivity contribution in [3.05, 3.63) is 93.7 Å². The van der Waals surface area contributed by atoms with E-state index in [2.05, 4.69) is 21.4 Å². The molecular formula is C24H23Cl2N3O. The monoisotopic (exact) mass is 439 g/mol. The normalized spacial score (nSPS) is 11.1. The van der Waals surface area contributed by atoms with E-state index in [0.29, 0.717) is 18.2 Å². The number of hydrogen-bond acceptors (Lipinski definition) is 3. The second-order valence-electron chi connectivity index (χ2n) is 7.15. The first kappa shape index (κ1) is 20.7. The predicted octanol–water partition coefficient (Wildman–Crippen LogP) is 6.17. The predicted molar refractivity (Wildman–Crippen MR) is 123 cm³/mol. The number of imidazole rings is 1. The lowest BCUT2D eigenvalue weighted by Crippen LogP contribution is -2.16. The highest BCUT2D eigenvalue weighted by molar-refractivity contribution is 6.30. The van der Waals surface area contributed by atoms with Crippen LogP contribution in [0.4, 0.5) is 0 Å². The van der Waals surface area contributed by atoms with Gasteiger partial charge in [0.15, 0.2) is 0 Å². The summed E-state index contributed by atoms with van der Waals surface area (Å²) in [6, 6.07) is 21.5. The number of aryl methyl sites for hydroxylation is 1. The van der Waals surface area contributed by atoms with Crippen LogP contribution in [0.5, 0.6) is 5.75 Å². The Balaban J connectivity index is 1.28. The van der Waals surface area contributed by atoms with Crippen LogP contribution in [0.3, 0.4) is 0 Å². The Labute approximate surface area is 186 Å². The van der Waals surface area contributed by atoms with E-state index in [0.717, 1.165) is 58.1 Å². The number of halogens is 2. The average Bonchev–Trinajstić information content (AvgIpc) is 3.17. The van der Waals surface area contributed by atoms with Crippen LogP contribution in [-0.2, 0) is 19.6 Å². The van der Waals surface area contributed by atoms with Crippen molar-refractivity contribution in [3.63, 3.8) is 0 Å². The van der Waals surface area contributed by atoms with Crippen molar-refractivity contribution < 1.29 is 4.74 Å². The fourth-order valence-corrected chi connectivity index (χ4v) is 3.62. The molecule has 0 atom stereocenters. The first-order chi connectivity index (χ1) is 14.7. The second-order valence-corrected chi connectivity index (χ2v) is 8.02. The van der Waals surface area contributed by atoms with Crippen LogP contribution in [-0.4, -0.2) is 16.5 Å². The van der Waals surface area contributed by atoms with Crippen LogP contribution >= 0.6 is 23.2 Å². The zero-order valence-corrected chi connectivity index (χ0v) is 18.0. The molecule has 0 aliphatic rings. The van der Waals surface area contributed by atoms with Gasteiger partial charge in [0, 0.05) is 28.6 Å². The van der Waals surface area contributed by atoms with Gasteiger partial charge in [0.05, 0.1) is 11.0 Å². The standard InChI is InChI=1S/C24H23Cl2N3O/c25-19-9-7-17(8-10-19)16-30-23-12-11-20(26)14-18(23)15-27-13-3-6-24-28-21-4-1-2-5-22(21)29-24/h1-2,4-5,7-12,14,27H,3,6,13,15-16H2,(H,28,29). The zero-order valence-electron chi connectivity index (χ0n) is 16.5. The van der Waals surface area contributed by atoms with Gasteiger partial charge in [0.25, 0.3) is 0 Å². The molecule has 3 aromatic carbocycles. The molecule has 0 unspecified atom stereocenters. The molecule has 2 N–H and O–H groups in total. The van der Waals surface area contributed by atoms with Crippen molar-refractivity contribution in [1.82, 2.24) is 15.3 Å². The van der Waals surface area contributed by atoms with E-state index in [4.69, 9.17) is 27.9 Å². The Bertz CT molecular complexity index is 1080. The number of para-hydroxylation sites is 2. The highest BCUT2D eigenvalue weighted by Gasteiger charge is 2.06. The number of fused-ring (bicyclic) bond motifs is 1. The summed E-state index contributed by atoms with van der Waals surface area (Å²) in [5, 5.41) is 4.90. The van der Waals surface area contributed by atoms with E-state index in [1.54, 1.807) is 0 Å². The Hall–Kier alpha value is -2.53. The lowest BCUT2D eigenvalue weighted by Gasteiger charge is -2.13. The number of benzene rings is 3. The molecule has 0 radical (unpaired) electrons. The minimum absolute atomic E-state index is 0.484. The molecule has 4 aromatic rings. The molecule has 0 amide bonds. The van der Waals surface area contributed by atoms with Crippen LogP contribution in [0.15, 0.2) is 66.7 Å². The first-order valence-electron chi connectivity index (χ1n) is 9.97. The van der Waals surface area contributed by atoms with Gasteiger partial charge in [-0.15, -0.1) is 0 Å². The third kappa shape index (κ3) is 5.54. The molecule has 6 heteroatoms. The Morgan fingerprint density at radius 3 is 2.57 bits per heavy atom. The topological polar surface area (TPSA) is 49.9 Å². The van der Waals surface area contributed by atoms with Gasteiger partial charge in [-0.05, 0) is 61.0 Å². The molecule has 1 aromatic heterocycles. The molecule has 0 aliphatic heterocycles. The molecule has 4 rings (SSSR count). The van der Waals surface area contributed by atoms with Crippen molar-refractivity contribution >= 4 is 34.2 Å². The molecule has 0 saturated carbocycles. The summed E-state index contributed by atoms with van der Waals surface area (Å²) in [4.78, 5) is 8.00. The third-order valence-electron chi connectivity index (χ3n) is 4.85. The van der Waals surface area contributed by atoms with Gasteiger partial charge in [-0.2, -0.15) is 0 Å². The maximum absolute atomic E-state index is 6.20. The van der Waals surface area contributed by atoms with Crippen molar-refractivity contribution in [3.8, 4) is 5.75 Å². The minimum Gasteiger partial charge on any atom is -0.489 e. The summed E-state index contributed by atoms with van der Waals surface area (Å²) in [7, 11) is 0. The quantitative estimate of drug-likeness (QED) is 0.306. The van der Waals surface area contributed by atoms with E-state index >= 15 is 0 Å². The van der Waals surface area contributed by atoms with E-state index < -0.39 is 0 Å². The van der Waals surface area contributed by atoms with Gasteiger partial charge >= 0.3 is 0 Å². The van der Waals surface area contributed by atoms with Crippen molar-refractivity contribution in [2.24, 2.45) is 0 Å². The van der Waals surface area contributed by atoms with Crippen molar-refractivity contribution in [1.29, 1.82) is 0 Å². The number of rotatable bonds is 9. The number of aromatic nitrogens is 2. The minimum atomic E-state index is 0.484. The van der Waals surface area contributed by atoms with Gasteiger partial charge in [0.2, 0.25) is 0 Å². The summed E-state index contributed by atoms with van der Waals surface area (Å²) >= 11 is 12.1. The third-order valence-corrected chi connectivity index (χ3v) is 5.34. The van der Waals surface area contributed by atoms with Crippen molar-refractivity contribution in [2.45, 2.75) is 26.0 Å². The van der Waals surface area contributed by atoms with Crippen molar-refractivity contribution in [2.75, 3.05) is 6.54 Å². The molecule has 0 bridgehead atoms. The smallest absolute Gasteiger partial charge is 0.124 e. The van der Waals surface area contributed by atoms with Crippen LogP contribution in [0, 0.1) is 0 Å². The van der Waals surface area contributed by atoms with Gasteiger partial charge in [-0.1, -0.05) is 47.5 Å². The van der Waals surface area contributed by atoms with Crippen LogP contribution in [0.25, 0.3) is 11.0 Å². The largest absolute Gasteiger partial charge is 0.489 e. The summed E-state index contributed by atoms with van der Waals surface area (Å²) in [5.74, 6) is 1.85. The molecule has 0 fully saturated rings. The highest BCUT2D eigenvalue weighted by Crippen LogP contribution is 2.24. The molecule has 0 saturated heterocycles. The maximum Gasteiger partial charge on any atom is 0.124 e. The number of H-pyrrole nitrogens is 1. The number of hydrogen-bond donors (Lipinski definition) is 2. The second kappa shape index (κ2) is 9.98. The van der Waals surface area contributed by atoms with E-state index in [1.165, 1.54) is 0 Å². The lowest BCUT2D eigenvalue weighted by atomic mass is 10.2. The first-order valence-corrected chi connectivity index (χ1v) is 10.7.